The molecule has 1 saturated heterocycles. The van der Waals surface area contributed by atoms with Gasteiger partial charge >= 0.3 is 0 Å². The summed E-state index contributed by atoms with van der Waals surface area (Å²) in [5, 5.41) is 3.04. The SMILES string of the molecule is Cc1ccc(Sc2ccc(NC(=O)C3CCN(C(=O)C(C)(C)C)CC3)cc2)cc1C. The normalized spacial score (nSPS) is 15.2. The molecule has 2 amide bonds. The molecule has 0 bridgehead atoms. The maximum Gasteiger partial charge on any atom is 0.227 e. The van der Waals surface area contributed by atoms with Crippen LogP contribution in [0.5, 0.6) is 0 Å². The van der Waals surface area contributed by atoms with E-state index in [2.05, 4.69) is 37.4 Å². The van der Waals surface area contributed by atoms with E-state index in [1.807, 2.05) is 49.9 Å². The molecule has 2 aromatic rings. The number of anilines is 1. The second-order valence-corrected chi connectivity index (χ2v) is 10.3. The number of nitrogens with one attached hydrogen (secondary N) is 1. The van der Waals surface area contributed by atoms with E-state index in [-0.39, 0.29) is 23.1 Å². The maximum atomic E-state index is 12.7. The average Bonchev–Trinajstić information content (AvgIpc) is 2.71. The number of carbonyl (C=O) groups excluding carboxylic acids is 2. The molecule has 0 atom stereocenters. The van der Waals surface area contributed by atoms with Crippen molar-refractivity contribution >= 4 is 29.3 Å². The van der Waals surface area contributed by atoms with Crippen LogP contribution >= 0.6 is 11.8 Å². The lowest BCUT2D eigenvalue weighted by Gasteiger charge is -2.35. The first-order valence-electron chi connectivity index (χ1n) is 10.6. The number of piperidine rings is 1. The van der Waals surface area contributed by atoms with Gasteiger partial charge < -0.3 is 10.2 Å². The summed E-state index contributed by atoms with van der Waals surface area (Å²) in [5.41, 5.74) is 3.04. The van der Waals surface area contributed by atoms with Crippen molar-refractivity contribution in [3.05, 3.63) is 53.6 Å². The number of rotatable bonds is 4. The Balaban J connectivity index is 1.52. The Morgan fingerprint density at radius 1 is 0.933 bits per heavy atom. The number of hydrogen-bond acceptors (Lipinski definition) is 3. The quantitative estimate of drug-likeness (QED) is 0.687. The molecule has 0 aliphatic carbocycles. The minimum absolute atomic E-state index is 0.0430. The second-order valence-electron chi connectivity index (χ2n) is 9.18. The molecule has 1 aliphatic heterocycles. The average molecular weight is 425 g/mol. The molecule has 0 aromatic heterocycles. The van der Waals surface area contributed by atoms with Crippen molar-refractivity contribution in [3.8, 4) is 0 Å². The van der Waals surface area contributed by atoms with Gasteiger partial charge in [0.25, 0.3) is 0 Å². The molecule has 1 heterocycles. The fourth-order valence-electron chi connectivity index (χ4n) is 3.58. The number of benzene rings is 2. The highest BCUT2D eigenvalue weighted by molar-refractivity contribution is 7.99. The van der Waals surface area contributed by atoms with Crippen LogP contribution in [-0.4, -0.2) is 29.8 Å². The van der Waals surface area contributed by atoms with Crippen molar-refractivity contribution in [1.29, 1.82) is 0 Å². The zero-order valence-corrected chi connectivity index (χ0v) is 19.4. The summed E-state index contributed by atoms with van der Waals surface area (Å²) in [4.78, 5) is 29.3. The maximum absolute atomic E-state index is 12.7. The van der Waals surface area contributed by atoms with Crippen LogP contribution in [0.25, 0.3) is 0 Å². The Bertz CT molecular complexity index is 908. The van der Waals surface area contributed by atoms with Gasteiger partial charge in [-0.15, -0.1) is 0 Å². The Hall–Kier alpha value is -2.27. The zero-order chi connectivity index (χ0) is 21.9. The van der Waals surface area contributed by atoms with Crippen LogP contribution in [-0.2, 0) is 9.59 Å². The zero-order valence-electron chi connectivity index (χ0n) is 18.6. The number of likely N-dealkylation sites (tertiary alicyclic amines) is 1. The van der Waals surface area contributed by atoms with Gasteiger partial charge in [-0.05, 0) is 74.2 Å². The van der Waals surface area contributed by atoms with E-state index in [4.69, 9.17) is 0 Å². The Labute approximate surface area is 184 Å². The molecule has 30 heavy (non-hydrogen) atoms. The summed E-state index contributed by atoms with van der Waals surface area (Å²) in [6.07, 6.45) is 1.43. The number of amides is 2. The van der Waals surface area contributed by atoms with E-state index in [1.54, 1.807) is 11.8 Å². The molecule has 0 saturated carbocycles. The van der Waals surface area contributed by atoms with Gasteiger partial charge in [0.15, 0.2) is 0 Å². The lowest BCUT2D eigenvalue weighted by molar-refractivity contribution is -0.142. The van der Waals surface area contributed by atoms with Crippen LogP contribution in [0.4, 0.5) is 5.69 Å². The van der Waals surface area contributed by atoms with Crippen molar-refractivity contribution in [2.24, 2.45) is 11.3 Å². The third-order valence-corrected chi connectivity index (χ3v) is 6.63. The van der Waals surface area contributed by atoms with E-state index < -0.39 is 0 Å². The van der Waals surface area contributed by atoms with E-state index in [0.717, 1.165) is 10.6 Å². The minimum atomic E-state index is -0.369. The summed E-state index contributed by atoms with van der Waals surface area (Å²) >= 11 is 1.72. The standard InChI is InChI=1S/C25H32N2O2S/c1-17-6-9-22(16-18(17)2)30-21-10-7-20(8-11-21)26-23(28)19-12-14-27(15-13-19)24(29)25(3,4)5/h6-11,16,19H,12-15H2,1-5H3,(H,26,28). The number of nitrogens with zero attached hydrogens (tertiary/aromatic N) is 1. The Morgan fingerprint density at radius 3 is 2.10 bits per heavy atom. The number of hydrogen-bond donors (Lipinski definition) is 1. The fraction of sp³-hybridized carbons (Fsp3) is 0.440. The van der Waals surface area contributed by atoms with E-state index in [0.29, 0.717) is 25.9 Å². The molecule has 1 aliphatic rings. The summed E-state index contributed by atoms with van der Waals surface area (Å²) in [5.74, 6) is 0.171. The first-order chi connectivity index (χ1) is 14.1. The summed E-state index contributed by atoms with van der Waals surface area (Å²) in [7, 11) is 0. The highest BCUT2D eigenvalue weighted by atomic mass is 32.2. The van der Waals surface area contributed by atoms with Gasteiger partial charge in [-0.25, -0.2) is 0 Å². The van der Waals surface area contributed by atoms with Gasteiger partial charge in [-0.2, -0.15) is 0 Å². The second kappa shape index (κ2) is 9.25. The van der Waals surface area contributed by atoms with Gasteiger partial charge in [0, 0.05) is 39.9 Å². The number of aryl methyl sites for hydroxylation is 2. The lowest BCUT2D eigenvalue weighted by Crippen LogP contribution is -2.45. The van der Waals surface area contributed by atoms with Crippen molar-refractivity contribution in [1.82, 2.24) is 4.90 Å². The van der Waals surface area contributed by atoms with Gasteiger partial charge in [0.2, 0.25) is 11.8 Å². The van der Waals surface area contributed by atoms with Crippen LogP contribution in [0.1, 0.15) is 44.7 Å². The monoisotopic (exact) mass is 424 g/mol. The molecular formula is C25H32N2O2S. The van der Waals surface area contributed by atoms with Crippen LogP contribution < -0.4 is 5.32 Å². The fourth-order valence-corrected chi connectivity index (χ4v) is 4.50. The van der Waals surface area contributed by atoms with Gasteiger partial charge in [0.05, 0.1) is 0 Å². The van der Waals surface area contributed by atoms with Crippen molar-refractivity contribution in [2.75, 3.05) is 18.4 Å². The molecule has 0 radical (unpaired) electrons. The minimum Gasteiger partial charge on any atom is -0.342 e. The van der Waals surface area contributed by atoms with Crippen LogP contribution in [0.2, 0.25) is 0 Å². The van der Waals surface area contributed by atoms with Gasteiger partial charge in [-0.1, -0.05) is 38.6 Å². The molecule has 0 unspecified atom stereocenters. The third-order valence-electron chi connectivity index (χ3n) is 5.63. The molecule has 2 aromatic carbocycles. The smallest absolute Gasteiger partial charge is 0.227 e. The molecule has 0 spiro atoms. The van der Waals surface area contributed by atoms with Crippen LogP contribution in [0.15, 0.2) is 52.3 Å². The van der Waals surface area contributed by atoms with Gasteiger partial charge in [0.1, 0.15) is 0 Å². The molecule has 1 N–H and O–H groups in total. The number of carbonyl (C=O) groups is 2. The topological polar surface area (TPSA) is 49.4 Å². The van der Waals surface area contributed by atoms with Crippen molar-refractivity contribution in [3.63, 3.8) is 0 Å². The third kappa shape index (κ3) is 5.66. The highest BCUT2D eigenvalue weighted by Gasteiger charge is 2.32. The Morgan fingerprint density at radius 2 is 1.53 bits per heavy atom. The largest absolute Gasteiger partial charge is 0.342 e. The summed E-state index contributed by atoms with van der Waals surface area (Å²) in [6.45, 7) is 11.4. The Kier molecular flexibility index (Phi) is 6.91. The molecule has 5 heteroatoms. The molecule has 4 nitrogen and oxygen atoms in total. The molecule has 1 fully saturated rings. The summed E-state index contributed by atoms with van der Waals surface area (Å²) in [6, 6.07) is 14.5. The van der Waals surface area contributed by atoms with E-state index in [1.165, 1.54) is 16.0 Å². The lowest BCUT2D eigenvalue weighted by atomic mass is 9.90. The van der Waals surface area contributed by atoms with Crippen LogP contribution in [0, 0.1) is 25.2 Å². The van der Waals surface area contributed by atoms with Gasteiger partial charge in [-0.3, -0.25) is 9.59 Å². The molecule has 3 rings (SSSR count). The van der Waals surface area contributed by atoms with E-state index in [9.17, 15) is 9.59 Å². The molecule has 160 valence electrons. The summed E-state index contributed by atoms with van der Waals surface area (Å²) < 4.78 is 0. The van der Waals surface area contributed by atoms with Crippen molar-refractivity contribution in [2.45, 2.75) is 57.3 Å². The predicted molar refractivity (Wildman–Crippen MR) is 124 cm³/mol. The predicted octanol–water partition coefficient (Wildman–Crippen LogP) is 5.68. The molecular weight excluding hydrogens is 392 g/mol. The van der Waals surface area contributed by atoms with Crippen molar-refractivity contribution < 1.29 is 9.59 Å². The first kappa shape index (κ1) is 22.4. The first-order valence-corrected chi connectivity index (χ1v) is 11.4. The van der Waals surface area contributed by atoms with Crippen LogP contribution in [0.3, 0.4) is 0 Å². The highest BCUT2D eigenvalue weighted by Crippen LogP contribution is 2.30. The van der Waals surface area contributed by atoms with E-state index >= 15 is 0 Å².